The first-order valence-electron chi connectivity index (χ1n) is 5.04. The van der Waals surface area contributed by atoms with E-state index in [1.807, 2.05) is 18.2 Å². The second-order valence-electron chi connectivity index (χ2n) is 3.94. The molecule has 3 nitrogen and oxygen atoms in total. The van der Waals surface area contributed by atoms with Crippen LogP contribution in [0.25, 0.3) is 0 Å². The summed E-state index contributed by atoms with van der Waals surface area (Å²) >= 11 is 0. The van der Waals surface area contributed by atoms with Crippen molar-refractivity contribution >= 4 is 17.2 Å². The number of benzene rings is 1. The third-order valence-corrected chi connectivity index (χ3v) is 2.91. The van der Waals surface area contributed by atoms with Crippen LogP contribution in [0.5, 0.6) is 0 Å². The predicted molar refractivity (Wildman–Crippen MR) is 57.6 cm³/mol. The van der Waals surface area contributed by atoms with Crippen LogP contribution in [0.3, 0.4) is 0 Å². The zero-order valence-electron chi connectivity index (χ0n) is 8.03. The molecule has 2 aliphatic rings. The summed E-state index contributed by atoms with van der Waals surface area (Å²) in [5.41, 5.74) is 8.95. The second-order valence-corrected chi connectivity index (χ2v) is 3.94. The molecule has 1 aromatic carbocycles. The molecule has 1 aromatic rings. The second kappa shape index (κ2) is 2.74. The third-order valence-electron chi connectivity index (χ3n) is 2.91. The van der Waals surface area contributed by atoms with Gasteiger partial charge in [-0.25, -0.2) is 4.99 Å². The number of hydrogen-bond donors (Lipinski definition) is 1. The normalized spacial score (nSPS) is 18.9. The lowest BCUT2D eigenvalue weighted by atomic mass is 10.1. The molecule has 0 saturated carbocycles. The number of nitrogens with zero attached hydrogens (tertiary/aromatic N) is 2. The molecule has 72 valence electrons. The summed E-state index contributed by atoms with van der Waals surface area (Å²) in [7, 11) is 0. The Morgan fingerprint density at radius 2 is 2.29 bits per heavy atom. The Bertz CT molecular complexity index is 409. The van der Waals surface area contributed by atoms with Crippen LogP contribution in [-0.2, 0) is 6.54 Å². The minimum absolute atomic E-state index is 0.835. The van der Waals surface area contributed by atoms with Gasteiger partial charge in [-0.2, -0.15) is 0 Å². The molecule has 3 heteroatoms. The van der Waals surface area contributed by atoms with Gasteiger partial charge in [0.25, 0.3) is 0 Å². The SMILES string of the molecule is Nc1ccc2c(c1)CN1CCCC1=N2. The van der Waals surface area contributed by atoms with Gasteiger partial charge in [0.15, 0.2) is 0 Å². The summed E-state index contributed by atoms with van der Waals surface area (Å²) < 4.78 is 0. The zero-order chi connectivity index (χ0) is 9.54. The van der Waals surface area contributed by atoms with Crippen molar-refractivity contribution in [3.05, 3.63) is 23.8 Å². The van der Waals surface area contributed by atoms with Crippen molar-refractivity contribution in [2.24, 2.45) is 4.99 Å². The van der Waals surface area contributed by atoms with Gasteiger partial charge in [-0.1, -0.05) is 0 Å². The summed E-state index contributed by atoms with van der Waals surface area (Å²) in [5.74, 6) is 1.25. The van der Waals surface area contributed by atoms with Gasteiger partial charge in [0.2, 0.25) is 0 Å². The minimum atomic E-state index is 0.835. The topological polar surface area (TPSA) is 41.6 Å². The number of nitrogens with two attached hydrogens (primary N) is 1. The Hall–Kier alpha value is -1.51. The lowest BCUT2D eigenvalue weighted by Crippen LogP contribution is -2.26. The van der Waals surface area contributed by atoms with Gasteiger partial charge in [-0.15, -0.1) is 0 Å². The van der Waals surface area contributed by atoms with Crippen LogP contribution in [0.15, 0.2) is 23.2 Å². The largest absolute Gasteiger partial charge is 0.399 e. The van der Waals surface area contributed by atoms with Gasteiger partial charge in [0.05, 0.1) is 5.69 Å². The molecule has 0 unspecified atom stereocenters. The van der Waals surface area contributed by atoms with Crippen molar-refractivity contribution in [1.82, 2.24) is 4.90 Å². The van der Waals surface area contributed by atoms with E-state index in [4.69, 9.17) is 5.73 Å². The molecule has 0 aliphatic carbocycles. The van der Waals surface area contributed by atoms with E-state index in [9.17, 15) is 0 Å². The predicted octanol–water partition coefficient (Wildman–Crippen LogP) is 1.91. The van der Waals surface area contributed by atoms with Gasteiger partial charge in [-0.05, 0) is 30.2 Å². The molecule has 0 bridgehead atoms. The van der Waals surface area contributed by atoms with E-state index in [1.165, 1.54) is 17.8 Å². The first kappa shape index (κ1) is 7.85. The number of nitrogen functional groups attached to an aromatic ring is 1. The molecule has 0 spiro atoms. The summed E-state index contributed by atoms with van der Waals surface area (Å²) in [6.45, 7) is 2.13. The Kier molecular flexibility index (Phi) is 1.54. The van der Waals surface area contributed by atoms with Crippen molar-refractivity contribution in [2.75, 3.05) is 12.3 Å². The smallest absolute Gasteiger partial charge is 0.105 e. The summed E-state index contributed by atoms with van der Waals surface area (Å²) in [4.78, 5) is 6.98. The monoisotopic (exact) mass is 187 g/mol. The third kappa shape index (κ3) is 1.09. The van der Waals surface area contributed by atoms with E-state index >= 15 is 0 Å². The first-order chi connectivity index (χ1) is 6.83. The van der Waals surface area contributed by atoms with E-state index in [0.717, 1.165) is 30.9 Å². The maximum Gasteiger partial charge on any atom is 0.105 e. The standard InChI is InChI=1S/C11H13N3/c12-9-3-4-10-8(6-9)7-14-5-1-2-11(14)13-10/h3-4,6H,1-2,5,7,12H2. The van der Waals surface area contributed by atoms with E-state index < -0.39 is 0 Å². The molecule has 2 aliphatic heterocycles. The molecular weight excluding hydrogens is 174 g/mol. The summed E-state index contributed by atoms with van der Waals surface area (Å²) in [6, 6.07) is 5.98. The van der Waals surface area contributed by atoms with Crippen LogP contribution in [0.2, 0.25) is 0 Å². The minimum Gasteiger partial charge on any atom is -0.399 e. The van der Waals surface area contributed by atoms with Crippen LogP contribution in [0.4, 0.5) is 11.4 Å². The van der Waals surface area contributed by atoms with Crippen LogP contribution in [0, 0.1) is 0 Å². The molecular formula is C11H13N3. The van der Waals surface area contributed by atoms with Gasteiger partial charge in [0.1, 0.15) is 5.84 Å². The molecule has 1 fully saturated rings. The van der Waals surface area contributed by atoms with Gasteiger partial charge < -0.3 is 10.6 Å². The highest BCUT2D eigenvalue weighted by atomic mass is 15.2. The number of anilines is 1. The zero-order valence-corrected chi connectivity index (χ0v) is 8.03. The highest BCUT2D eigenvalue weighted by Crippen LogP contribution is 2.31. The molecule has 0 amide bonds. The molecule has 0 radical (unpaired) electrons. The van der Waals surface area contributed by atoms with Crippen molar-refractivity contribution < 1.29 is 0 Å². The van der Waals surface area contributed by atoms with Gasteiger partial charge in [0, 0.05) is 25.2 Å². The Balaban J connectivity index is 2.09. The molecule has 1 saturated heterocycles. The molecule has 2 heterocycles. The van der Waals surface area contributed by atoms with E-state index in [-0.39, 0.29) is 0 Å². The first-order valence-corrected chi connectivity index (χ1v) is 5.04. The highest BCUT2D eigenvalue weighted by Gasteiger charge is 2.23. The van der Waals surface area contributed by atoms with Crippen LogP contribution < -0.4 is 5.73 Å². The Morgan fingerprint density at radius 1 is 1.36 bits per heavy atom. The summed E-state index contributed by atoms with van der Waals surface area (Å²) in [6.07, 6.45) is 2.37. The fraction of sp³-hybridized carbons (Fsp3) is 0.364. The van der Waals surface area contributed by atoms with Crippen molar-refractivity contribution in [3.8, 4) is 0 Å². The average molecular weight is 187 g/mol. The van der Waals surface area contributed by atoms with Crippen molar-refractivity contribution in [2.45, 2.75) is 19.4 Å². The van der Waals surface area contributed by atoms with Gasteiger partial charge in [-0.3, -0.25) is 0 Å². The Morgan fingerprint density at radius 3 is 3.21 bits per heavy atom. The Labute approximate surface area is 83.2 Å². The highest BCUT2D eigenvalue weighted by molar-refractivity contribution is 5.88. The number of amidine groups is 1. The number of hydrogen-bond acceptors (Lipinski definition) is 3. The maximum absolute atomic E-state index is 5.75. The van der Waals surface area contributed by atoms with E-state index in [1.54, 1.807) is 0 Å². The van der Waals surface area contributed by atoms with Crippen LogP contribution in [-0.4, -0.2) is 17.3 Å². The number of rotatable bonds is 0. The van der Waals surface area contributed by atoms with Gasteiger partial charge >= 0.3 is 0 Å². The molecule has 0 aromatic heterocycles. The fourth-order valence-electron chi connectivity index (χ4n) is 2.20. The number of aliphatic imine (C=N–C) groups is 1. The van der Waals surface area contributed by atoms with E-state index in [2.05, 4.69) is 9.89 Å². The van der Waals surface area contributed by atoms with Crippen LogP contribution >= 0.6 is 0 Å². The summed E-state index contributed by atoms with van der Waals surface area (Å²) in [5, 5.41) is 0. The lowest BCUT2D eigenvalue weighted by molar-refractivity contribution is 0.443. The molecule has 14 heavy (non-hydrogen) atoms. The van der Waals surface area contributed by atoms with Crippen molar-refractivity contribution in [1.29, 1.82) is 0 Å². The van der Waals surface area contributed by atoms with Crippen LogP contribution in [0.1, 0.15) is 18.4 Å². The molecule has 2 N–H and O–H groups in total. The lowest BCUT2D eigenvalue weighted by Gasteiger charge is -2.24. The molecule has 3 rings (SSSR count). The van der Waals surface area contributed by atoms with E-state index in [0.29, 0.717) is 0 Å². The maximum atomic E-state index is 5.75. The quantitative estimate of drug-likeness (QED) is 0.630. The number of fused-ring (bicyclic) bond motifs is 2. The molecule has 0 atom stereocenters. The fourth-order valence-corrected chi connectivity index (χ4v) is 2.20. The van der Waals surface area contributed by atoms with Crippen molar-refractivity contribution in [3.63, 3.8) is 0 Å². The average Bonchev–Trinajstić information content (AvgIpc) is 2.61.